The first-order valence-electron chi connectivity index (χ1n) is 10.2. The lowest BCUT2D eigenvalue weighted by atomic mass is 9.95. The van der Waals surface area contributed by atoms with Crippen molar-refractivity contribution in [3.63, 3.8) is 0 Å². The smallest absolute Gasteiger partial charge is 0.229 e. The number of aromatic nitrogens is 2. The molecule has 2 aromatic carbocycles. The van der Waals surface area contributed by atoms with E-state index in [4.69, 9.17) is 4.74 Å². The van der Waals surface area contributed by atoms with Crippen LogP contribution in [0.1, 0.15) is 12.8 Å². The van der Waals surface area contributed by atoms with E-state index in [9.17, 15) is 4.79 Å². The Kier molecular flexibility index (Phi) is 5.93. The quantitative estimate of drug-likeness (QED) is 0.645. The van der Waals surface area contributed by atoms with Gasteiger partial charge in [-0.15, -0.1) is 0 Å². The van der Waals surface area contributed by atoms with E-state index >= 15 is 0 Å². The zero-order chi connectivity index (χ0) is 20.9. The van der Waals surface area contributed by atoms with Crippen LogP contribution in [-0.4, -0.2) is 43.1 Å². The van der Waals surface area contributed by atoms with Gasteiger partial charge in [0.2, 0.25) is 5.91 Å². The Hall–Kier alpha value is -3.41. The third-order valence-electron chi connectivity index (χ3n) is 5.68. The summed E-state index contributed by atoms with van der Waals surface area (Å²) in [7, 11) is 3.51. The van der Waals surface area contributed by atoms with Crippen molar-refractivity contribution < 1.29 is 9.53 Å². The highest BCUT2D eigenvalue weighted by molar-refractivity contribution is 5.94. The van der Waals surface area contributed by atoms with E-state index in [1.165, 1.54) is 0 Å². The number of benzene rings is 2. The Balaban J connectivity index is 1.41. The summed E-state index contributed by atoms with van der Waals surface area (Å²) in [5.41, 5.74) is 2.84. The minimum absolute atomic E-state index is 0.0364. The van der Waals surface area contributed by atoms with Gasteiger partial charge in [-0.2, -0.15) is 0 Å². The monoisotopic (exact) mass is 402 g/mol. The van der Waals surface area contributed by atoms with Crippen molar-refractivity contribution in [2.45, 2.75) is 12.8 Å². The maximum Gasteiger partial charge on any atom is 0.229 e. The highest BCUT2D eigenvalue weighted by atomic mass is 16.5. The number of nitrogens with zero attached hydrogens (tertiary/aromatic N) is 4. The largest absolute Gasteiger partial charge is 0.497 e. The number of amides is 1. The molecule has 0 N–H and O–H groups in total. The lowest BCUT2D eigenvalue weighted by molar-refractivity contribution is -0.122. The van der Waals surface area contributed by atoms with Gasteiger partial charge in [-0.1, -0.05) is 18.2 Å². The fraction of sp³-hybridized carbons (Fsp3) is 0.292. The molecule has 0 spiro atoms. The van der Waals surface area contributed by atoms with Gasteiger partial charge < -0.3 is 14.5 Å². The molecule has 6 nitrogen and oxygen atoms in total. The molecular formula is C24H26N4O2. The van der Waals surface area contributed by atoms with Crippen LogP contribution in [-0.2, 0) is 4.79 Å². The van der Waals surface area contributed by atoms with E-state index in [1.807, 2.05) is 67.7 Å². The number of hydrogen-bond donors (Lipinski definition) is 0. The molecule has 0 saturated carbocycles. The number of methoxy groups -OCH3 is 1. The summed E-state index contributed by atoms with van der Waals surface area (Å²) in [5, 5.41) is 0. The van der Waals surface area contributed by atoms with Gasteiger partial charge in [0.05, 0.1) is 12.8 Å². The summed E-state index contributed by atoms with van der Waals surface area (Å²) < 4.78 is 5.23. The van der Waals surface area contributed by atoms with Crippen molar-refractivity contribution in [3.05, 3.63) is 67.0 Å². The molecule has 0 bridgehead atoms. The summed E-state index contributed by atoms with van der Waals surface area (Å²) in [6, 6.07) is 19.7. The van der Waals surface area contributed by atoms with Crippen LogP contribution < -0.4 is 14.5 Å². The molecule has 4 rings (SSSR count). The second-order valence-electron chi connectivity index (χ2n) is 7.48. The van der Waals surface area contributed by atoms with Crippen LogP contribution >= 0.6 is 0 Å². The molecular weight excluding hydrogens is 376 g/mol. The summed E-state index contributed by atoms with van der Waals surface area (Å²) >= 11 is 0. The first-order valence-corrected chi connectivity index (χ1v) is 10.2. The maximum absolute atomic E-state index is 12.9. The Morgan fingerprint density at radius 1 is 1.03 bits per heavy atom. The SMILES string of the molecule is COc1ccc(-c2cc(N3CCC(C(=O)N(C)c4ccccc4)CC3)ncn2)cc1. The maximum atomic E-state index is 12.9. The van der Waals surface area contributed by atoms with Crippen LogP contribution in [0.4, 0.5) is 11.5 Å². The van der Waals surface area contributed by atoms with Crippen molar-refractivity contribution in [2.24, 2.45) is 5.92 Å². The van der Waals surface area contributed by atoms with Gasteiger partial charge in [0.25, 0.3) is 0 Å². The fourth-order valence-corrected chi connectivity index (χ4v) is 3.85. The molecule has 30 heavy (non-hydrogen) atoms. The predicted molar refractivity (Wildman–Crippen MR) is 119 cm³/mol. The minimum atomic E-state index is 0.0364. The Labute approximate surface area is 177 Å². The Morgan fingerprint density at radius 2 is 1.73 bits per heavy atom. The predicted octanol–water partition coefficient (Wildman–Crippen LogP) is 4.03. The van der Waals surface area contributed by atoms with Crippen LogP contribution in [0.15, 0.2) is 67.0 Å². The van der Waals surface area contributed by atoms with E-state index in [-0.39, 0.29) is 11.8 Å². The molecule has 1 aromatic heterocycles. The Morgan fingerprint density at radius 3 is 2.40 bits per heavy atom. The van der Waals surface area contributed by atoms with Gasteiger partial charge >= 0.3 is 0 Å². The van der Waals surface area contributed by atoms with Gasteiger partial charge in [-0.3, -0.25) is 4.79 Å². The topological polar surface area (TPSA) is 58.6 Å². The van der Waals surface area contributed by atoms with Gasteiger partial charge in [-0.25, -0.2) is 9.97 Å². The van der Waals surface area contributed by atoms with Crippen molar-refractivity contribution in [1.82, 2.24) is 9.97 Å². The summed E-state index contributed by atoms with van der Waals surface area (Å²) in [6.07, 6.45) is 3.24. The summed E-state index contributed by atoms with van der Waals surface area (Å²) in [6.45, 7) is 1.61. The molecule has 0 radical (unpaired) electrons. The van der Waals surface area contributed by atoms with Crippen molar-refractivity contribution in [1.29, 1.82) is 0 Å². The molecule has 1 amide bonds. The molecule has 0 aliphatic carbocycles. The summed E-state index contributed by atoms with van der Waals surface area (Å²) in [4.78, 5) is 25.8. The van der Waals surface area contributed by atoms with Gasteiger partial charge in [0.1, 0.15) is 17.9 Å². The zero-order valence-corrected chi connectivity index (χ0v) is 17.4. The van der Waals surface area contributed by atoms with Gasteiger partial charge in [0.15, 0.2) is 0 Å². The van der Waals surface area contributed by atoms with E-state index in [0.717, 1.165) is 54.4 Å². The second-order valence-corrected chi connectivity index (χ2v) is 7.48. The number of carbonyl (C=O) groups excluding carboxylic acids is 1. The van der Waals surface area contributed by atoms with Gasteiger partial charge in [-0.05, 0) is 49.2 Å². The lowest BCUT2D eigenvalue weighted by Gasteiger charge is -2.34. The highest BCUT2D eigenvalue weighted by Crippen LogP contribution is 2.27. The molecule has 0 atom stereocenters. The molecule has 2 heterocycles. The molecule has 1 aliphatic heterocycles. The number of carbonyl (C=O) groups is 1. The van der Waals surface area contributed by atoms with Crippen molar-refractivity contribution in [2.75, 3.05) is 37.0 Å². The van der Waals surface area contributed by atoms with Crippen LogP contribution in [0.2, 0.25) is 0 Å². The molecule has 6 heteroatoms. The fourth-order valence-electron chi connectivity index (χ4n) is 3.85. The molecule has 1 saturated heterocycles. The highest BCUT2D eigenvalue weighted by Gasteiger charge is 2.28. The summed E-state index contributed by atoms with van der Waals surface area (Å²) in [5.74, 6) is 1.94. The molecule has 0 unspecified atom stereocenters. The van der Waals surface area contributed by atoms with E-state index in [2.05, 4.69) is 14.9 Å². The Bertz CT molecular complexity index is 984. The minimum Gasteiger partial charge on any atom is -0.497 e. The van der Waals surface area contributed by atoms with Crippen LogP contribution in [0.5, 0.6) is 5.75 Å². The molecule has 3 aromatic rings. The van der Waals surface area contributed by atoms with Crippen LogP contribution in [0, 0.1) is 5.92 Å². The van der Waals surface area contributed by atoms with Crippen LogP contribution in [0.25, 0.3) is 11.3 Å². The van der Waals surface area contributed by atoms with Crippen molar-refractivity contribution in [3.8, 4) is 17.0 Å². The van der Waals surface area contributed by atoms with E-state index < -0.39 is 0 Å². The first-order chi connectivity index (χ1) is 14.7. The lowest BCUT2D eigenvalue weighted by Crippen LogP contribution is -2.41. The zero-order valence-electron chi connectivity index (χ0n) is 17.4. The normalized spacial score (nSPS) is 14.4. The van der Waals surface area contributed by atoms with E-state index in [1.54, 1.807) is 18.3 Å². The average Bonchev–Trinajstić information content (AvgIpc) is 2.84. The van der Waals surface area contributed by atoms with Crippen LogP contribution in [0.3, 0.4) is 0 Å². The van der Waals surface area contributed by atoms with Gasteiger partial charge in [0, 0.05) is 43.4 Å². The third kappa shape index (κ3) is 4.27. The number of hydrogen-bond acceptors (Lipinski definition) is 5. The molecule has 1 fully saturated rings. The standard InChI is InChI=1S/C24H26N4O2/c1-27(20-6-4-3-5-7-20)24(29)19-12-14-28(15-13-19)23-16-22(25-17-26-23)18-8-10-21(30-2)11-9-18/h3-11,16-17,19H,12-15H2,1-2H3. The number of rotatable bonds is 5. The number of ether oxygens (including phenoxy) is 1. The number of para-hydroxylation sites is 1. The third-order valence-corrected chi connectivity index (χ3v) is 5.68. The first kappa shape index (κ1) is 19.9. The number of piperidine rings is 1. The van der Waals surface area contributed by atoms with E-state index in [0.29, 0.717) is 0 Å². The molecule has 154 valence electrons. The second kappa shape index (κ2) is 8.95. The van der Waals surface area contributed by atoms with Crippen molar-refractivity contribution >= 4 is 17.4 Å². The average molecular weight is 402 g/mol. The molecule has 1 aliphatic rings. The number of anilines is 2.